The SMILES string of the molecule is Cc1cccc(CN(CCC(=N)N)C(C)C)c1. The zero-order valence-electron chi connectivity index (χ0n) is 11.0. The zero-order valence-corrected chi connectivity index (χ0v) is 11.0. The van der Waals surface area contributed by atoms with E-state index in [4.69, 9.17) is 11.1 Å². The Bertz CT molecular complexity index is 371. The Kier molecular flexibility index (Phi) is 5.16. The van der Waals surface area contributed by atoms with E-state index in [-0.39, 0.29) is 5.84 Å². The van der Waals surface area contributed by atoms with Gasteiger partial charge in [0.1, 0.15) is 0 Å². The van der Waals surface area contributed by atoms with Crippen LogP contribution in [0.2, 0.25) is 0 Å². The summed E-state index contributed by atoms with van der Waals surface area (Å²) in [6.07, 6.45) is 0.643. The van der Waals surface area contributed by atoms with Crippen LogP contribution in [0.1, 0.15) is 31.4 Å². The number of nitrogens with zero attached hydrogens (tertiary/aromatic N) is 1. The minimum Gasteiger partial charge on any atom is -0.388 e. The number of rotatable bonds is 6. The third-order valence-corrected chi connectivity index (χ3v) is 2.87. The Hall–Kier alpha value is -1.35. The number of hydrogen-bond donors (Lipinski definition) is 2. The highest BCUT2D eigenvalue weighted by Crippen LogP contribution is 2.10. The molecule has 0 aliphatic carbocycles. The van der Waals surface area contributed by atoms with Crippen LogP contribution in [0.5, 0.6) is 0 Å². The Morgan fingerprint density at radius 2 is 2.12 bits per heavy atom. The molecule has 0 aromatic heterocycles. The highest BCUT2D eigenvalue weighted by Gasteiger charge is 2.10. The average molecular weight is 233 g/mol. The standard InChI is InChI=1S/C14H23N3/c1-11(2)17(8-7-14(15)16)10-13-6-4-5-12(3)9-13/h4-6,9,11H,7-8,10H2,1-3H3,(H3,15,16). The normalized spacial score (nSPS) is 11.1. The van der Waals surface area contributed by atoms with Crippen LogP contribution in [0.25, 0.3) is 0 Å². The molecule has 1 rings (SSSR count). The molecule has 94 valence electrons. The molecule has 0 bridgehead atoms. The number of hydrogen-bond acceptors (Lipinski definition) is 2. The summed E-state index contributed by atoms with van der Waals surface area (Å²) in [4.78, 5) is 2.34. The lowest BCUT2D eigenvalue weighted by Crippen LogP contribution is -2.33. The topological polar surface area (TPSA) is 53.1 Å². The third kappa shape index (κ3) is 5.00. The summed E-state index contributed by atoms with van der Waals surface area (Å²) in [6.45, 7) is 8.23. The fourth-order valence-corrected chi connectivity index (χ4v) is 1.83. The number of benzene rings is 1. The summed E-state index contributed by atoms with van der Waals surface area (Å²) in [5.41, 5.74) is 8.03. The van der Waals surface area contributed by atoms with Crippen molar-refractivity contribution in [1.82, 2.24) is 4.90 Å². The van der Waals surface area contributed by atoms with Crippen molar-refractivity contribution in [1.29, 1.82) is 5.41 Å². The van der Waals surface area contributed by atoms with Crippen molar-refractivity contribution < 1.29 is 0 Å². The molecule has 0 saturated heterocycles. The van der Waals surface area contributed by atoms with Crippen LogP contribution in [0.15, 0.2) is 24.3 Å². The van der Waals surface area contributed by atoms with E-state index in [9.17, 15) is 0 Å². The molecule has 0 unspecified atom stereocenters. The van der Waals surface area contributed by atoms with Crippen LogP contribution in [-0.2, 0) is 6.54 Å². The van der Waals surface area contributed by atoms with E-state index in [1.807, 2.05) is 0 Å². The summed E-state index contributed by atoms with van der Waals surface area (Å²) in [5.74, 6) is 0.264. The first-order valence-electron chi connectivity index (χ1n) is 6.11. The van der Waals surface area contributed by atoms with Crippen molar-refractivity contribution in [3.8, 4) is 0 Å². The Labute approximate surface area is 104 Å². The molecular weight excluding hydrogens is 210 g/mol. The van der Waals surface area contributed by atoms with Gasteiger partial charge in [-0.1, -0.05) is 29.8 Å². The van der Waals surface area contributed by atoms with E-state index >= 15 is 0 Å². The van der Waals surface area contributed by atoms with Crippen molar-refractivity contribution in [2.24, 2.45) is 5.73 Å². The van der Waals surface area contributed by atoms with Gasteiger partial charge >= 0.3 is 0 Å². The molecule has 0 atom stereocenters. The fourth-order valence-electron chi connectivity index (χ4n) is 1.83. The van der Waals surface area contributed by atoms with Gasteiger partial charge in [0.25, 0.3) is 0 Å². The lowest BCUT2D eigenvalue weighted by Gasteiger charge is -2.26. The molecule has 3 heteroatoms. The van der Waals surface area contributed by atoms with Crippen LogP contribution in [-0.4, -0.2) is 23.3 Å². The maximum Gasteiger partial charge on any atom is 0.0918 e. The molecule has 1 aromatic carbocycles. The summed E-state index contributed by atoms with van der Waals surface area (Å²) < 4.78 is 0. The van der Waals surface area contributed by atoms with Crippen molar-refractivity contribution >= 4 is 5.84 Å². The first-order chi connectivity index (χ1) is 7.99. The smallest absolute Gasteiger partial charge is 0.0918 e. The van der Waals surface area contributed by atoms with Crippen molar-refractivity contribution in [2.45, 2.75) is 39.8 Å². The van der Waals surface area contributed by atoms with Crippen LogP contribution in [0, 0.1) is 12.3 Å². The van der Waals surface area contributed by atoms with Gasteiger partial charge in [0.2, 0.25) is 0 Å². The Morgan fingerprint density at radius 3 is 2.65 bits per heavy atom. The molecule has 0 saturated carbocycles. The minimum absolute atomic E-state index is 0.264. The van der Waals surface area contributed by atoms with Gasteiger partial charge < -0.3 is 5.73 Å². The van der Waals surface area contributed by atoms with Crippen LogP contribution in [0.3, 0.4) is 0 Å². The van der Waals surface area contributed by atoms with E-state index in [2.05, 4.69) is 49.9 Å². The van der Waals surface area contributed by atoms with Gasteiger partial charge in [-0.2, -0.15) is 0 Å². The van der Waals surface area contributed by atoms with Gasteiger partial charge in [-0.3, -0.25) is 10.3 Å². The fraction of sp³-hybridized carbons (Fsp3) is 0.500. The summed E-state index contributed by atoms with van der Waals surface area (Å²) in [5, 5.41) is 7.29. The molecule has 0 spiro atoms. The molecule has 0 fully saturated rings. The second-order valence-electron chi connectivity index (χ2n) is 4.83. The maximum atomic E-state index is 7.29. The van der Waals surface area contributed by atoms with E-state index in [0.29, 0.717) is 12.5 Å². The molecule has 0 heterocycles. The molecule has 0 aliphatic heterocycles. The van der Waals surface area contributed by atoms with E-state index < -0.39 is 0 Å². The third-order valence-electron chi connectivity index (χ3n) is 2.87. The zero-order chi connectivity index (χ0) is 12.8. The minimum atomic E-state index is 0.264. The molecule has 0 aliphatic rings. The molecule has 0 amide bonds. The molecule has 17 heavy (non-hydrogen) atoms. The van der Waals surface area contributed by atoms with Gasteiger partial charge in [-0.05, 0) is 26.3 Å². The lowest BCUT2D eigenvalue weighted by molar-refractivity contribution is 0.219. The molecule has 3 nitrogen and oxygen atoms in total. The predicted molar refractivity (Wildman–Crippen MR) is 73.3 cm³/mol. The molecular formula is C14H23N3. The summed E-state index contributed by atoms with van der Waals surface area (Å²) in [7, 11) is 0. The van der Waals surface area contributed by atoms with E-state index in [1.165, 1.54) is 11.1 Å². The van der Waals surface area contributed by atoms with Crippen molar-refractivity contribution in [2.75, 3.05) is 6.54 Å². The lowest BCUT2D eigenvalue weighted by atomic mass is 10.1. The van der Waals surface area contributed by atoms with E-state index in [0.717, 1.165) is 13.1 Å². The molecule has 0 radical (unpaired) electrons. The van der Waals surface area contributed by atoms with Gasteiger partial charge in [0, 0.05) is 25.6 Å². The predicted octanol–water partition coefficient (Wildman–Crippen LogP) is 2.53. The highest BCUT2D eigenvalue weighted by atomic mass is 15.1. The second-order valence-corrected chi connectivity index (χ2v) is 4.83. The average Bonchev–Trinajstić information content (AvgIpc) is 2.23. The summed E-state index contributed by atoms with van der Waals surface area (Å²) >= 11 is 0. The summed E-state index contributed by atoms with van der Waals surface area (Å²) in [6, 6.07) is 9.03. The van der Waals surface area contributed by atoms with Gasteiger partial charge in [-0.25, -0.2) is 0 Å². The van der Waals surface area contributed by atoms with Gasteiger partial charge in [0.15, 0.2) is 0 Å². The first kappa shape index (κ1) is 13.7. The monoisotopic (exact) mass is 233 g/mol. The van der Waals surface area contributed by atoms with Crippen molar-refractivity contribution in [3.63, 3.8) is 0 Å². The number of nitrogens with two attached hydrogens (primary N) is 1. The maximum absolute atomic E-state index is 7.29. The van der Waals surface area contributed by atoms with Gasteiger partial charge in [-0.15, -0.1) is 0 Å². The Morgan fingerprint density at radius 1 is 1.41 bits per heavy atom. The van der Waals surface area contributed by atoms with Gasteiger partial charge in [0.05, 0.1) is 5.84 Å². The largest absolute Gasteiger partial charge is 0.388 e. The van der Waals surface area contributed by atoms with Crippen LogP contribution >= 0.6 is 0 Å². The van der Waals surface area contributed by atoms with E-state index in [1.54, 1.807) is 0 Å². The van der Waals surface area contributed by atoms with Crippen LogP contribution < -0.4 is 5.73 Å². The van der Waals surface area contributed by atoms with Crippen molar-refractivity contribution in [3.05, 3.63) is 35.4 Å². The number of aryl methyl sites for hydroxylation is 1. The quantitative estimate of drug-likeness (QED) is 0.586. The number of amidine groups is 1. The first-order valence-corrected chi connectivity index (χ1v) is 6.11. The second kappa shape index (κ2) is 6.40. The number of nitrogens with one attached hydrogen (secondary N) is 1. The molecule has 1 aromatic rings. The Balaban J connectivity index is 2.63. The van der Waals surface area contributed by atoms with Crippen LogP contribution in [0.4, 0.5) is 0 Å². The molecule has 3 N–H and O–H groups in total. The highest BCUT2D eigenvalue weighted by molar-refractivity contribution is 5.76.